The van der Waals surface area contributed by atoms with Gasteiger partial charge in [0.05, 0.1) is 16.1 Å². The first-order valence-electron chi connectivity index (χ1n) is 10.1. The number of aromatic nitrogens is 1. The molecule has 1 aliphatic heterocycles. The summed E-state index contributed by atoms with van der Waals surface area (Å²) in [6, 6.07) is 30.0. The lowest BCUT2D eigenvalue weighted by atomic mass is 10.1. The highest BCUT2D eigenvalue weighted by molar-refractivity contribution is 8.03. The number of pyridine rings is 1. The second-order valence-electron chi connectivity index (χ2n) is 7.40. The maximum atomic E-state index is 2.41. The molecule has 4 aromatic rings. The Morgan fingerprint density at radius 3 is 2.53 bits per heavy atom. The Labute approximate surface area is 181 Å². The van der Waals surface area contributed by atoms with E-state index in [0.29, 0.717) is 0 Å². The molecular weight excluding hydrogens is 384 g/mol. The van der Waals surface area contributed by atoms with Gasteiger partial charge in [0, 0.05) is 23.6 Å². The van der Waals surface area contributed by atoms with Crippen molar-refractivity contribution in [2.75, 3.05) is 4.90 Å². The minimum Gasteiger partial charge on any atom is -0.331 e. The number of benzene rings is 3. The quantitative estimate of drug-likeness (QED) is 0.365. The number of anilines is 1. The molecule has 0 atom stereocenters. The molecule has 146 valence electrons. The van der Waals surface area contributed by atoms with Crippen LogP contribution in [0.2, 0.25) is 0 Å². The Kier molecular flexibility index (Phi) is 5.12. The highest BCUT2D eigenvalue weighted by atomic mass is 32.2. The fraction of sp³-hybridized carbons (Fsp3) is 0.0741. The van der Waals surface area contributed by atoms with Crippen molar-refractivity contribution < 1.29 is 4.57 Å². The van der Waals surface area contributed by atoms with E-state index in [1.54, 1.807) is 0 Å². The molecule has 2 nitrogen and oxygen atoms in total. The first-order chi connectivity index (χ1) is 14.8. The van der Waals surface area contributed by atoms with Gasteiger partial charge in [0.25, 0.3) is 0 Å². The Hall–Kier alpha value is -3.30. The number of aryl methyl sites for hydroxylation is 1. The first-order valence-corrected chi connectivity index (χ1v) is 11.0. The second-order valence-corrected chi connectivity index (χ2v) is 8.47. The molecule has 3 heteroatoms. The lowest BCUT2D eigenvalue weighted by molar-refractivity contribution is -0.644. The van der Waals surface area contributed by atoms with E-state index < -0.39 is 0 Å². The summed E-state index contributed by atoms with van der Waals surface area (Å²) in [6.07, 6.45) is 8.74. The van der Waals surface area contributed by atoms with Crippen molar-refractivity contribution in [3.05, 3.63) is 119 Å². The van der Waals surface area contributed by atoms with Gasteiger partial charge in [-0.15, -0.1) is 0 Å². The van der Waals surface area contributed by atoms with Crippen molar-refractivity contribution in [2.45, 2.75) is 11.4 Å². The third kappa shape index (κ3) is 3.64. The van der Waals surface area contributed by atoms with Gasteiger partial charge in [0.2, 0.25) is 5.52 Å². The number of allylic oxidation sites excluding steroid dienone is 2. The van der Waals surface area contributed by atoms with Crippen LogP contribution in [0.5, 0.6) is 0 Å². The van der Waals surface area contributed by atoms with Gasteiger partial charge in [0.15, 0.2) is 6.20 Å². The van der Waals surface area contributed by atoms with Crippen molar-refractivity contribution in [2.24, 2.45) is 7.05 Å². The smallest absolute Gasteiger partial charge is 0.212 e. The monoisotopic (exact) mass is 407 g/mol. The summed E-state index contributed by atoms with van der Waals surface area (Å²) in [5, 5.41) is 2.52. The second kappa shape index (κ2) is 8.21. The molecule has 0 saturated carbocycles. The van der Waals surface area contributed by atoms with Crippen LogP contribution in [0.3, 0.4) is 0 Å². The molecule has 0 unspecified atom stereocenters. The highest BCUT2D eigenvalue weighted by Gasteiger charge is 2.24. The number of rotatable bonds is 4. The third-order valence-corrected chi connectivity index (χ3v) is 6.54. The summed E-state index contributed by atoms with van der Waals surface area (Å²) in [5.74, 6) is 0. The average Bonchev–Trinajstić information content (AvgIpc) is 3.13. The molecule has 0 fully saturated rings. The summed E-state index contributed by atoms with van der Waals surface area (Å²) in [6.45, 7) is 0.870. The van der Waals surface area contributed by atoms with Gasteiger partial charge in [-0.3, -0.25) is 0 Å². The molecule has 0 radical (unpaired) electrons. The lowest BCUT2D eigenvalue weighted by Gasteiger charge is -2.20. The molecule has 30 heavy (non-hydrogen) atoms. The molecule has 1 aromatic heterocycles. The average molecular weight is 408 g/mol. The minimum absolute atomic E-state index is 0.870. The van der Waals surface area contributed by atoms with E-state index in [9.17, 15) is 0 Å². The highest BCUT2D eigenvalue weighted by Crippen LogP contribution is 2.46. The minimum atomic E-state index is 0.870. The van der Waals surface area contributed by atoms with Crippen LogP contribution in [-0.2, 0) is 13.6 Å². The molecule has 0 spiro atoms. The van der Waals surface area contributed by atoms with Crippen LogP contribution in [0.25, 0.3) is 17.0 Å². The van der Waals surface area contributed by atoms with Gasteiger partial charge >= 0.3 is 0 Å². The zero-order valence-electron chi connectivity index (χ0n) is 16.9. The van der Waals surface area contributed by atoms with Gasteiger partial charge in [-0.1, -0.05) is 78.5 Å². The molecular formula is C27H23N2S+. The van der Waals surface area contributed by atoms with Crippen molar-refractivity contribution >= 4 is 34.4 Å². The summed E-state index contributed by atoms with van der Waals surface area (Å²) >= 11 is 1.84. The van der Waals surface area contributed by atoms with Crippen LogP contribution in [0.1, 0.15) is 11.1 Å². The zero-order chi connectivity index (χ0) is 20.3. The van der Waals surface area contributed by atoms with Crippen molar-refractivity contribution in [1.82, 2.24) is 0 Å². The summed E-state index contributed by atoms with van der Waals surface area (Å²) in [4.78, 5) is 3.72. The van der Waals surface area contributed by atoms with Crippen LogP contribution in [0, 0.1) is 0 Å². The largest absolute Gasteiger partial charge is 0.331 e. The van der Waals surface area contributed by atoms with E-state index >= 15 is 0 Å². The topological polar surface area (TPSA) is 7.12 Å². The number of hydrogen-bond donors (Lipinski definition) is 0. The van der Waals surface area contributed by atoms with Crippen LogP contribution in [0.4, 0.5) is 5.69 Å². The summed E-state index contributed by atoms with van der Waals surface area (Å²) < 4.78 is 2.16. The van der Waals surface area contributed by atoms with Crippen LogP contribution in [-0.4, -0.2) is 0 Å². The van der Waals surface area contributed by atoms with Crippen LogP contribution < -0.4 is 9.47 Å². The van der Waals surface area contributed by atoms with Crippen molar-refractivity contribution in [1.29, 1.82) is 0 Å². The maximum Gasteiger partial charge on any atom is 0.212 e. The Balaban J connectivity index is 1.48. The molecule has 5 rings (SSSR count). The Morgan fingerprint density at radius 1 is 0.867 bits per heavy atom. The van der Waals surface area contributed by atoms with E-state index in [1.807, 2.05) is 11.8 Å². The van der Waals surface area contributed by atoms with Gasteiger partial charge in [0.1, 0.15) is 7.05 Å². The van der Waals surface area contributed by atoms with Crippen molar-refractivity contribution in [3.63, 3.8) is 0 Å². The number of fused-ring (bicyclic) bond motifs is 2. The summed E-state index contributed by atoms with van der Waals surface area (Å²) in [5.41, 5.74) is 5.06. The fourth-order valence-corrected chi connectivity index (χ4v) is 4.95. The van der Waals surface area contributed by atoms with Gasteiger partial charge in [-0.2, -0.15) is 0 Å². The summed E-state index contributed by atoms with van der Waals surface area (Å²) in [7, 11) is 2.09. The van der Waals surface area contributed by atoms with E-state index in [2.05, 4.69) is 126 Å². The third-order valence-electron chi connectivity index (χ3n) is 5.41. The normalized spacial score (nSPS) is 14.7. The predicted octanol–water partition coefficient (Wildman–Crippen LogP) is 6.33. The molecule has 0 N–H and O–H groups in total. The first kappa shape index (κ1) is 18.7. The molecule has 0 saturated heterocycles. The molecule has 0 bridgehead atoms. The number of para-hydroxylation sites is 2. The maximum absolute atomic E-state index is 2.41. The molecule has 3 aromatic carbocycles. The standard InChI is InChI=1S/C27H23N2S/c1-28-19-18-22(23-13-5-6-14-24(23)28)12-9-17-27-29(20-21-10-3-2-4-11-21)25-15-7-8-16-26(25)30-27/h2-19H,20H2,1H3/q+1. The van der Waals surface area contributed by atoms with Crippen LogP contribution >= 0.6 is 11.8 Å². The molecule has 0 aliphatic carbocycles. The van der Waals surface area contributed by atoms with E-state index in [1.165, 1.54) is 37.6 Å². The van der Waals surface area contributed by atoms with Gasteiger partial charge < -0.3 is 4.90 Å². The molecule has 2 heterocycles. The number of hydrogen-bond acceptors (Lipinski definition) is 2. The number of thioether (sulfide) groups is 1. The van der Waals surface area contributed by atoms with E-state index in [0.717, 1.165) is 6.54 Å². The Morgan fingerprint density at radius 2 is 1.63 bits per heavy atom. The van der Waals surface area contributed by atoms with E-state index in [4.69, 9.17) is 0 Å². The fourth-order valence-electron chi connectivity index (χ4n) is 3.87. The molecule has 1 aliphatic rings. The van der Waals surface area contributed by atoms with Gasteiger partial charge in [-0.25, -0.2) is 4.57 Å². The SMILES string of the molecule is C[n+]1ccc(C=CC=C2Sc3ccccc3N2Cc2ccccc2)c2ccccc21. The number of nitrogens with zero attached hydrogens (tertiary/aromatic N) is 2. The van der Waals surface area contributed by atoms with Gasteiger partial charge in [-0.05, 0) is 35.4 Å². The molecule has 0 amide bonds. The van der Waals surface area contributed by atoms with Crippen molar-refractivity contribution in [3.8, 4) is 0 Å². The lowest BCUT2D eigenvalue weighted by Crippen LogP contribution is -2.28. The predicted molar refractivity (Wildman–Crippen MR) is 127 cm³/mol. The van der Waals surface area contributed by atoms with Crippen LogP contribution in [0.15, 0.2) is 113 Å². The van der Waals surface area contributed by atoms with E-state index in [-0.39, 0.29) is 0 Å². The Bertz CT molecular complexity index is 1260. The zero-order valence-corrected chi connectivity index (χ0v) is 17.7.